The lowest BCUT2D eigenvalue weighted by atomic mass is 10.0. The largest absolute Gasteiger partial charge is 0.466 e. The molecule has 0 N–H and O–H groups in total. The molecule has 1 fully saturated rings. The SMILES string of the molecule is CCOC(=O)CC1C[C@H](OC(C)=O)[C@H](OC(C)=O)C1. The standard InChI is InChI=1S/C13H20O6/c1-4-17-13(16)7-10-5-11(18-8(2)14)12(6-10)19-9(3)15/h10-12H,4-7H2,1-3H3/t10?,11-,12+. The number of ether oxygens (including phenoxy) is 3. The van der Waals surface area contributed by atoms with Crippen molar-refractivity contribution in [1.82, 2.24) is 0 Å². The molecule has 1 unspecified atom stereocenters. The lowest BCUT2D eigenvalue weighted by molar-refractivity contribution is -0.162. The molecule has 1 saturated carbocycles. The third kappa shape index (κ3) is 5.28. The van der Waals surface area contributed by atoms with Crippen LogP contribution in [0.25, 0.3) is 0 Å². The molecule has 1 aliphatic carbocycles. The molecule has 6 nitrogen and oxygen atoms in total. The van der Waals surface area contributed by atoms with Crippen molar-refractivity contribution >= 4 is 17.9 Å². The van der Waals surface area contributed by atoms with Crippen molar-refractivity contribution in [3.63, 3.8) is 0 Å². The van der Waals surface area contributed by atoms with Gasteiger partial charge in [-0.05, 0) is 25.7 Å². The highest BCUT2D eigenvalue weighted by Gasteiger charge is 2.39. The van der Waals surface area contributed by atoms with Crippen LogP contribution in [0.15, 0.2) is 0 Å². The average molecular weight is 272 g/mol. The monoisotopic (exact) mass is 272 g/mol. The molecule has 19 heavy (non-hydrogen) atoms. The molecular weight excluding hydrogens is 252 g/mol. The number of hydrogen-bond donors (Lipinski definition) is 0. The van der Waals surface area contributed by atoms with Gasteiger partial charge in [-0.2, -0.15) is 0 Å². The lowest BCUT2D eigenvalue weighted by Gasteiger charge is -2.18. The van der Waals surface area contributed by atoms with Crippen molar-refractivity contribution in [2.75, 3.05) is 6.61 Å². The molecule has 0 spiro atoms. The molecule has 1 aliphatic rings. The highest BCUT2D eigenvalue weighted by molar-refractivity contribution is 5.70. The van der Waals surface area contributed by atoms with E-state index in [4.69, 9.17) is 14.2 Å². The third-order valence-corrected chi connectivity index (χ3v) is 2.94. The maximum atomic E-state index is 11.4. The van der Waals surface area contributed by atoms with Crippen molar-refractivity contribution < 1.29 is 28.6 Å². The van der Waals surface area contributed by atoms with Gasteiger partial charge in [-0.1, -0.05) is 0 Å². The molecule has 6 heteroatoms. The second-order valence-corrected chi connectivity index (χ2v) is 4.64. The normalized spacial score (nSPS) is 25.7. The molecule has 0 aromatic rings. The Bertz CT molecular complexity index is 327. The average Bonchev–Trinajstić information content (AvgIpc) is 2.58. The first kappa shape index (κ1) is 15.5. The van der Waals surface area contributed by atoms with Crippen LogP contribution in [0, 0.1) is 5.92 Å². The Morgan fingerprint density at radius 1 is 1.00 bits per heavy atom. The van der Waals surface area contributed by atoms with E-state index in [0.717, 1.165) is 0 Å². The highest BCUT2D eigenvalue weighted by atomic mass is 16.6. The molecule has 0 bridgehead atoms. The van der Waals surface area contributed by atoms with Gasteiger partial charge in [0.15, 0.2) is 0 Å². The van der Waals surface area contributed by atoms with Crippen LogP contribution in [0.4, 0.5) is 0 Å². The van der Waals surface area contributed by atoms with Crippen LogP contribution in [0.5, 0.6) is 0 Å². The van der Waals surface area contributed by atoms with Crippen LogP contribution in [-0.2, 0) is 28.6 Å². The fourth-order valence-corrected chi connectivity index (χ4v) is 2.35. The van der Waals surface area contributed by atoms with Crippen LogP contribution in [0.3, 0.4) is 0 Å². The van der Waals surface area contributed by atoms with Gasteiger partial charge in [0.25, 0.3) is 0 Å². The van der Waals surface area contributed by atoms with Crippen LogP contribution >= 0.6 is 0 Å². The van der Waals surface area contributed by atoms with Gasteiger partial charge in [-0.15, -0.1) is 0 Å². The van der Waals surface area contributed by atoms with Crippen molar-refractivity contribution in [3.8, 4) is 0 Å². The first-order valence-corrected chi connectivity index (χ1v) is 6.42. The van der Waals surface area contributed by atoms with E-state index in [1.807, 2.05) is 0 Å². The third-order valence-electron chi connectivity index (χ3n) is 2.94. The summed E-state index contributed by atoms with van der Waals surface area (Å²) in [6.45, 7) is 4.70. The van der Waals surface area contributed by atoms with E-state index in [-0.39, 0.29) is 18.3 Å². The molecular formula is C13H20O6. The first-order chi connectivity index (χ1) is 8.92. The summed E-state index contributed by atoms with van der Waals surface area (Å²) in [5, 5.41) is 0. The quantitative estimate of drug-likeness (QED) is 0.553. The van der Waals surface area contributed by atoms with Gasteiger partial charge in [-0.25, -0.2) is 0 Å². The van der Waals surface area contributed by atoms with Crippen molar-refractivity contribution in [3.05, 3.63) is 0 Å². The summed E-state index contributed by atoms with van der Waals surface area (Å²) in [5.41, 5.74) is 0. The summed E-state index contributed by atoms with van der Waals surface area (Å²) in [7, 11) is 0. The van der Waals surface area contributed by atoms with Crippen LogP contribution < -0.4 is 0 Å². The number of hydrogen-bond acceptors (Lipinski definition) is 6. The maximum absolute atomic E-state index is 11.4. The zero-order valence-corrected chi connectivity index (χ0v) is 11.5. The molecule has 0 saturated heterocycles. The van der Waals surface area contributed by atoms with Gasteiger partial charge in [0.05, 0.1) is 6.61 Å². The molecule has 0 radical (unpaired) electrons. The van der Waals surface area contributed by atoms with Gasteiger partial charge in [0, 0.05) is 20.3 Å². The van der Waals surface area contributed by atoms with Crippen LogP contribution in [-0.4, -0.2) is 36.7 Å². The van der Waals surface area contributed by atoms with E-state index in [2.05, 4.69) is 0 Å². The Morgan fingerprint density at radius 2 is 1.47 bits per heavy atom. The summed E-state index contributed by atoms with van der Waals surface area (Å²) < 4.78 is 15.1. The van der Waals surface area contributed by atoms with E-state index >= 15 is 0 Å². The molecule has 0 aliphatic heterocycles. The molecule has 108 valence electrons. The summed E-state index contributed by atoms with van der Waals surface area (Å²) in [6.07, 6.45) is 0.331. The summed E-state index contributed by atoms with van der Waals surface area (Å²) in [5.74, 6) is -1.11. The minimum atomic E-state index is -0.471. The molecule has 0 aromatic carbocycles. The Morgan fingerprint density at radius 3 is 1.84 bits per heavy atom. The fourth-order valence-electron chi connectivity index (χ4n) is 2.35. The predicted molar refractivity (Wildman–Crippen MR) is 65.1 cm³/mol. The number of carbonyl (C=O) groups excluding carboxylic acids is 3. The second-order valence-electron chi connectivity index (χ2n) is 4.64. The maximum Gasteiger partial charge on any atom is 0.306 e. The number of esters is 3. The highest BCUT2D eigenvalue weighted by Crippen LogP contribution is 2.33. The zero-order chi connectivity index (χ0) is 14.4. The zero-order valence-electron chi connectivity index (χ0n) is 11.5. The second kappa shape index (κ2) is 7.11. The predicted octanol–water partition coefficient (Wildman–Crippen LogP) is 1.21. The van der Waals surface area contributed by atoms with Crippen molar-refractivity contribution in [2.24, 2.45) is 5.92 Å². The minimum absolute atomic E-state index is 0.00718. The number of carbonyl (C=O) groups is 3. The molecule has 1 rings (SSSR count). The van der Waals surface area contributed by atoms with E-state index in [1.54, 1.807) is 6.92 Å². The minimum Gasteiger partial charge on any atom is -0.466 e. The Hall–Kier alpha value is -1.59. The van der Waals surface area contributed by atoms with Gasteiger partial charge in [0.1, 0.15) is 12.2 Å². The fraction of sp³-hybridized carbons (Fsp3) is 0.769. The van der Waals surface area contributed by atoms with Crippen molar-refractivity contribution in [1.29, 1.82) is 0 Å². The molecule has 0 aromatic heterocycles. The van der Waals surface area contributed by atoms with Crippen LogP contribution in [0.1, 0.15) is 40.0 Å². The van der Waals surface area contributed by atoms with Crippen LogP contribution in [0.2, 0.25) is 0 Å². The van der Waals surface area contributed by atoms with E-state index in [0.29, 0.717) is 19.4 Å². The summed E-state index contributed by atoms with van der Waals surface area (Å²) in [6, 6.07) is 0. The molecule has 0 amide bonds. The summed E-state index contributed by atoms with van der Waals surface area (Å²) in [4.78, 5) is 33.4. The lowest BCUT2D eigenvalue weighted by Crippen LogP contribution is -2.29. The van der Waals surface area contributed by atoms with Gasteiger partial charge >= 0.3 is 17.9 Å². The van der Waals surface area contributed by atoms with E-state index in [9.17, 15) is 14.4 Å². The number of rotatable bonds is 5. The first-order valence-electron chi connectivity index (χ1n) is 6.42. The smallest absolute Gasteiger partial charge is 0.306 e. The van der Waals surface area contributed by atoms with Gasteiger partial charge in [-0.3, -0.25) is 14.4 Å². The topological polar surface area (TPSA) is 78.9 Å². The Balaban J connectivity index is 2.57. The van der Waals surface area contributed by atoms with E-state index in [1.165, 1.54) is 13.8 Å². The van der Waals surface area contributed by atoms with Gasteiger partial charge in [0.2, 0.25) is 0 Å². The molecule has 0 heterocycles. The van der Waals surface area contributed by atoms with Crippen molar-refractivity contribution in [2.45, 2.75) is 52.2 Å². The van der Waals surface area contributed by atoms with E-state index < -0.39 is 24.1 Å². The Kier molecular flexibility index (Phi) is 5.79. The molecule has 3 atom stereocenters. The van der Waals surface area contributed by atoms with Gasteiger partial charge < -0.3 is 14.2 Å². The Labute approximate surface area is 112 Å². The summed E-state index contributed by atoms with van der Waals surface area (Å²) >= 11 is 0.